The Morgan fingerprint density at radius 2 is 2.00 bits per heavy atom. The molecule has 1 unspecified atom stereocenters. The minimum absolute atomic E-state index is 0.665. The first kappa shape index (κ1) is 12.7. The molecule has 0 spiro atoms. The number of nitrogens with zero attached hydrogens (tertiary/aromatic N) is 4. The summed E-state index contributed by atoms with van der Waals surface area (Å²) in [6.45, 7) is 8.67. The Kier molecular flexibility index (Phi) is 3.75. The summed E-state index contributed by atoms with van der Waals surface area (Å²) >= 11 is 0. The van der Waals surface area contributed by atoms with E-state index < -0.39 is 0 Å². The first-order valence-electron chi connectivity index (χ1n) is 6.40. The summed E-state index contributed by atoms with van der Waals surface area (Å²) in [7, 11) is 0. The molecule has 0 fully saturated rings. The van der Waals surface area contributed by atoms with Gasteiger partial charge in [0.1, 0.15) is 12.2 Å². The average molecular weight is 244 g/mol. The third-order valence-electron chi connectivity index (χ3n) is 3.35. The topological polar surface area (TPSA) is 43.6 Å². The molecule has 0 aromatic carbocycles. The van der Waals surface area contributed by atoms with E-state index in [4.69, 9.17) is 0 Å². The van der Waals surface area contributed by atoms with Gasteiger partial charge in [-0.05, 0) is 42.9 Å². The normalized spacial score (nSPS) is 12.9. The Morgan fingerprint density at radius 3 is 2.61 bits per heavy atom. The Labute approximate surface area is 108 Å². The molecular weight excluding hydrogens is 224 g/mol. The summed E-state index contributed by atoms with van der Waals surface area (Å²) in [4.78, 5) is 8.46. The summed E-state index contributed by atoms with van der Waals surface area (Å²) in [6.07, 6.45) is 4.61. The van der Waals surface area contributed by atoms with Gasteiger partial charge in [0, 0.05) is 6.20 Å². The summed E-state index contributed by atoms with van der Waals surface area (Å²) in [5, 5.41) is 4.28. The van der Waals surface area contributed by atoms with E-state index in [1.54, 1.807) is 11.0 Å². The quantitative estimate of drug-likeness (QED) is 0.830. The fourth-order valence-corrected chi connectivity index (χ4v) is 1.78. The van der Waals surface area contributed by atoms with Gasteiger partial charge in [-0.3, -0.25) is 0 Å². The van der Waals surface area contributed by atoms with E-state index in [2.05, 4.69) is 48.0 Å². The third kappa shape index (κ3) is 2.94. The molecule has 2 heterocycles. The molecule has 0 N–H and O–H groups in total. The monoisotopic (exact) mass is 244 g/mol. The Morgan fingerprint density at radius 1 is 1.22 bits per heavy atom. The van der Waals surface area contributed by atoms with Crippen molar-refractivity contribution in [1.29, 1.82) is 0 Å². The average Bonchev–Trinajstić information content (AvgIpc) is 2.76. The SMILES string of the molecule is Cc1ncn(-c2cc(CC(C)C(C)C)ccn2)n1. The molecule has 2 aromatic rings. The van der Waals surface area contributed by atoms with Gasteiger partial charge in [-0.2, -0.15) is 5.10 Å². The maximum Gasteiger partial charge on any atom is 0.155 e. The van der Waals surface area contributed by atoms with Crippen molar-refractivity contribution >= 4 is 0 Å². The van der Waals surface area contributed by atoms with Crippen molar-refractivity contribution in [3.8, 4) is 5.82 Å². The maximum atomic E-state index is 4.34. The zero-order chi connectivity index (χ0) is 13.1. The molecule has 0 bridgehead atoms. The lowest BCUT2D eigenvalue weighted by Gasteiger charge is -2.15. The Balaban J connectivity index is 2.20. The number of rotatable bonds is 4. The summed E-state index contributed by atoms with van der Waals surface area (Å²) < 4.78 is 1.72. The van der Waals surface area contributed by atoms with Gasteiger partial charge < -0.3 is 0 Å². The van der Waals surface area contributed by atoms with Gasteiger partial charge in [0.2, 0.25) is 0 Å². The van der Waals surface area contributed by atoms with Gasteiger partial charge in [0.05, 0.1) is 0 Å². The van der Waals surface area contributed by atoms with Gasteiger partial charge in [0.15, 0.2) is 5.82 Å². The van der Waals surface area contributed by atoms with E-state index in [9.17, 15) is 0 Å². The van der Waals surface area contributed by atoms with Gasteiger partial charge in [-0.1, -0.05) is 20.8 Å². The molecule has 0 aliphatic carbocycles. The largest absolute Gasteiger partial charge is 0.237 e. The molecule has 0 saturated heterocycles. The van der Waals surface area contributed by atoms with Crippen LogP contribution in [0.4, 0.5) is 0 Å². The minimum atomic E-state index is 0.665. The number of hydrogen-bond acceptors (Lipinski definition) is 3. The molecule has 2 aromatic heterocycles. The van der Waals surface area contributed by atoms with Gasteiger partial charge >= 0.3 is 0 Å². The Hall–Kier alpha value is -1.71. The molecule has 2 rings (SSSR count). The van der Waals surface area contributed by atoms with Crippen LogP contribution in [0.5, 0.6) is 0 Å². The summed E-state index contributed by atoms with van der Waals surface area (Å²) in [5.74, 6) is 2.95. The van der Waals surface area contributed by atoms with Crippen molar-refractivity contribution in [2.24, 2.45) is 11.8 Å². The lowest BCUT2D eigenvalue weighted by molar-refractivity contribution is 0.417. The molecule has 0 amide bonds. The predicted octanol–water partition coefficient (Wildman–Crippen LogP) is 2.81. The second kappa shape index (κ2) is 5.29. The first-order chi connectivity index (χ1) is 8.56. The molecule has 0 radical (unpaired) electrons. The van der Waals surface area contributed by atoms with Crippen molar-refractivity contribution < 1.29 is 0 Å². The van der Waals surface area contributed by atoms with E-state index in [0.717, 1.165) is 18.1 Å². The molecule has 1 atom stereocenters. The van der Waals surface area contributed by atoms with Gasteiger partial charge in [-0.15, -0.1) is 0 Å². The predicted molar refractivity (Wildman–Crippen MR) is 71.6 cm³/mol. The standard InChI is InChI=1S/C14H20N4/c1-10(2)11(3)7-13-5-6-15-14(8-13)18-9-16-12(4)17-18/h5-6,8-11H,7H2,1-4H3. The minimum Gasteiger partial charge on any atom is -0.237 e. The van der Waals surface area contributed by atoms with E-state index in [1.165, 1.54) is 5.56 Å². The first-order valence-corrected chi connectivity index (χ1v) is 6.40. The number of hydrogen-bond donors (Lipinski definition) is 0. The van der Waals surface area contributed by atoms with Crippen LogP contribution in [-0.4, -0.2) is 19.7 Å². The number of aromatic nitrogens is 4. The van der Waals surface area contributed by atoms with Crippen LogP contribution in [0.15, 0.2) is 24.7 Å². The molecule has 0 saturated carbocycles. The fraction of sp³-hybridized carbons (Fsp3) is 0.500. The molecule has 18 heavy (non-hydrogen) atoms. The zero-order valence-corrected chi connectivity index (χ0v) is 11.5. The van der Waals surface area contributed by atoms with Crippen LogP contribution < -0.4 is 0 Å². The smallest absolute Gasteiger partial charge is 0.155 e. The zero-order valence-electron chi connectivity index (χ0n) is 11.5. The highest BCUT2D eigenvalue weighted by Gasteiger charge is 2.09. The number of pyridine rings is 1. The van der Waals surface area contributed by atoms with Crippen LogP contribution in [0.2, 0.25) is 0 Å². The van der Waals surface area contributed by atoms with Crippen molar-refractivity contribution in [2.45, 2.75) is 34.1 Å². The molecule has 96 valence electrons. The second-order valence-electron chi connectivity index (χ2n) is 5.18. The molecule has 0 aliphatic heterocycles. The van der Waals surface area contributed by atoms with Gasteiger partial charge in [0.25, 0.3) is 0 Å². The van der Waals surface area contributed by atoms with Crippen LogP contribution >= 0.6 is 0 Å². The van der Waals surface area contributed by atoms with E-state index >= 15 is 0 Å². The fourth-order valence-electron chi connectivity index (χ4n) is 1.78. The second-order valence-corrected chi connectivity index (χ2v) is 5.18. The van der Waals surface area contributed by atoms with Crippen LogP contribution in [0.3, 0.4) is 0 Å². The van der Waals surface area contributed by atoms with E-state index in [0.29, 0.717) is 11.8 Å². The van der Waals surface area contributed by atoms with Crippen molar-refractivity contribution in [2.75, 3.05) is 0 Å². The lowest BCUT2D eigenvalue weighted by Crippen LogP contribution is -2.08. The highest BCUT2D eigenvalue weighted by atomic mass is 15.4. The van der Waals surface area contributed by atoms with Crippen LogP contribution in [0.1, 0.15) is 32.2 Å². The molecule has 4 heteroatoms. The summed E-state index contributed by atoms with van der Waals surface area (Å²) in [5.41, 5.74) is 1.30. The summed E-state index contributed by atoms with van der Waals surface area (Å²) in [6, 6.07) is 4.17. The van der Waals surface area contributed by atoms with Crippen LogP contribution in [0, 0.1) is 18.8 Å². The maximum absolute atomic E-state index is 4.34. The third-order valence-corrected chi connectivity index (χ3v) is 3.35. The van der Waals surface area contributed by atoms with Crippen molar-refractivity contribution in [3.63, 3.8) is 0 Å². The van der Waals surface area contributed by atoms with Crippen molar-refractivity contribution in [3.05, 3.63) is 36.0 Å². The Bertz CT molecular complexity index is 516. The number of aryl methyl sites for hydroxylation is 1. The van der Waals surface area contributed by atoms with E-state index in [1.807, 2.05) is 13.1 Å². The highest BCUT2D eigenvalue weighted by molar-refractivity contribution is 5.26. The molecule has 0 aliphatic rings. The molecule has 4 nitrogen and oxygen atoms in total. The van der Waals surface area contributed by atoms with Crippen molar-refractivity contribution in [1.82, 2.24) is 19.7 Å². The molecular formula is C14H20N4. The van der Waals surface area contributed by atoms with Gasteiger partial charge in [-0.25, -0.2) is 14.6 Å². The van der Waals surface area contributed by atoms with Crippen LogP contribution in [0.25, 0.3) is 5.82 Å². The lowest BCUT2D eigenvalue weighted by atomic mass is 9.91. The highest BCUT2D eigenvalue weighted by Crippen LogP contribution is 2.17. The van der Waals surface area contributed by atoms with Crippen LogP contribution in [-0.2, 0) is 6.42 Å². The van der Waals surface area contributed by atoms with E-state index in [-0.39, 0.29) is 0 Å².